The fraction of sp³-hybridized carbons (Fsp3) is 0.353. The van der Waals surface area contributed by atoms with Crippen molar-refractivity contribution in [2.75, 3.05) is 5.32 Å². The van der Waals surface area contributed by atoms with Gasteiger partial charge in [-0.1, -0.05) is 30.3 Å². The Kier molecular flexibility index (Phi) is 4.23. The van der Waals surface area contributed by atoms with Crippen molar-refractivity contribution in [2.45, 2.75) is 38.8 Å². The SMILES string of the molecule is Cc1nc(C)c(F)c(N[C@@H]2CCC(=O)N[C@H]2c2ccccc2)n1. The molecule has 120 valence electrons. The molecule has 0 spiro atoms. The number of anilines is 1. The molecule has 1 fully saturated rings. The van der Waals surface area contributed by atoms with Crippen molar-refractivity contribution in [3.63, 3.8) is 0 Å². The van der Waals surface area contributed by atoms with Crippen LogP contribution < -0.4 is 10.6 Å². The third-order valence-electron chi connectivity index (χ3n) is 4.01. The first-order valence-electron chi connectivity index (χ1n) is 7.66. The van der Waals surface area contributed by atoms with E-state index in [1.54, 1.807) is 13.8 Å². The molecule has 1 amide bonds. The second kappa shape index (κ2) is 6.32. The number of benzene rings is 1. The minimum absolute atomic E-state index is 0.00687. The topological polar surface area (TPSA) is 66.9 Å². The smallest absolute Gasteiger partial charge is 0.220 e. The Balaban J connectivity index is 1.89. The van der Waals surface area contributed by atoms with Crippen molar-refractivity contribution < 1.29 is 9.18 Å². The second-order valence-corrected chi connectivity index (χ2v) is 5.76. The van der Waals surface area contributed by atoms with Crippen LogP contribution in [0.25, 0.3) is 0 Å². The summed E-state index contributed by atoms with van der Waals surface area (Å²) in [6.45, 7) is 3.35. The van der Waals surface area contributed by atoms with Gasteiger partial charge >= 0.3 is 0 Å². The molecule has 0 bridgehead atoms. The van der Waals surface area contributed by atoms with Gasteiger partial charge in [-0.15, -0.1) is 0 Å². The molecule has 2 heterocycles. The van der Waals surface area contributed by atoms with Gasteiger partial charge in [0.2, 0.25) is 5.91 Å². The van der Waals surface area contributed by atoms with Gasteiger partial charge in [0.15, 0.2) is 11.6 Å². The molecule has 0 unspecified atom stereocenters. The lowest BCUT2D eigenvalue weighted by atomic mass is 9.92. The van der Waals surface area contributed by atoms with E-state index in [-0.39, 0.29) is 23.8 Å². The standard InChI is InChI=1S/C17H19FN4O/c1-10-15(18)17(20-11(2)19-10)21-13-8-9-14(23)22-16(13)12-6-4-3-5-7-12/h3-7,13,16H,8-9H2,1-2H3,(H,22,23)(H,19,20,21)/t13-,16+/m1/s1. The number of aryl methyl sites for hydroxylation is 2. The zero-order valence-corrected chi connectivity index (χ0v) is 13.1. The van der Waals surface area contributed by atoms with Gasteiger partial charge in [0.05, 0.1) is 17.8 Å². The fourth-order valence-corrected chi connectivity index (χ4v) is 2.90. The fourth-order valence-electron chi connectivity index (χ4n) is 2.90. The molecule has 0 saturated carbocycles. The van der Waals surface area contributed by atoms with Crippen LogP contribution in [0, 0.1) is 19.7 Å². The first-order chi connectivity index (χ1) is 11.0. The lowest BCUT2D eigenvalue weighted by Gasteiger charge is -2.33. The molecule has 5 nitrogen and oxygen atoms in total. The van der Waals surface area contributed by atoms with E-state index < -0.39 is 5.82 Å². The molecule has 3 rings (SSSR count). The minimum Gasteiger partial charge on any atom is -0.362 e. The minimum atomic E-state index is -0.445. The van der Waals surface area contributed by atoms with E-state index in [1.165, 1.54) is 0 Å². The molecule has 1 aliphatic rings. The van der Waals surface area contributed by atoms with Crippen molar-refractivity contribution in [2.24, 2.45) is 0 Å². The molecule has 1 aliphatic heterocycles. The summed E-state index contributed by atoms with van der Waals surface area (Å²) in [5, 5.41) is 6.14. The molecule has 23 heavy (non-hydrogen) atoms. The highest BCUT2D eigenvalue weighted by atomic mass is 19.1. The molecule has 6 heteroatoms. The zero-order chi connectivity index (χ0) is 16.4. The van der Waals surface area contributed by atoms with Crippen LogP contribution in [0.2, 0.25) is 0 Å². The van der Waals surface area contributed by atoms with Gasteiger partial charge in [-0.05, 0) is 25.8 Å². The molecule has 1 saturated heterocycles. The van der Waals surface area contributed by atoms with Crippen molar-refractivity contribution in [3.05, 3.63) is 53.2 Å². The van der Waals surface area contributed by atoms with Crippen LogP contribution in [0.5, 0.6) is 0 Å². The molecule has 0 aliphatic carbocycles. The number of piperidine rings is 1. The van der Waals surface area contributed by atoms with Crippen LogP contribution in [-0.4, -0.2) is 21.9 Å². The summed E-state index contributed by atoms with van der Waals surface area (Å²) in [4.78, 5) is 20.0. The van der Waals surface area contributed by atoms with E-state index in [0.29, 0.717) is 24.4 Å². The maximum Gasteiger partial charge on any atom is 0.220 e. The second-order valence-electron chi connectivity index (χ2n) is 5.76. The molecule has 1 aromatic carbocycles. The molecule has 1 aromatic heterocycles. The number of hydrogen-bond acceptors (Lipinski definition) is 4. The third-order valence-corrected chi connectivity index (χ3v) is 4.01. The van der Waals surface area contributed by atoms with Crippen LogP contribution in [0.4, 0.5) is 10.2 Å². The Hall–Kier alpha value is -2.50. The lowest BCUT2D eigenvalue weighted by molar-refractivity contribution is -0.123. The Labute approximate surface area is 134 Å². The van der Waals surface area contributed by atoms with E-state index in [2.05, 4.69) is 20.6 Å². The highest BCUT2D eigenvalue weighted by molar-refractivity contribution is 5.77. The van der Waals surface area contributed by atoms with Gasteiger partial charge in [-0.25, -0.2) is 14.4 Å². The highest BCUT2D eigenvalue weighted by Gasteiger charge is 2.30. The van der Waals surface area contributed by atoms with Gasteiger partial charge in [0.25, 0.3) is 0 Å². The van der Waals surface area contributed by atoms with Crippen molar-refractivity contribution in [3.8, 4) is 0 Å². The van der Waals surface area contributed by atoms with Crippen LogP contribution in [0.1, 0.15) is 36.0 Å². The van der Waals surface area contributed by atoms with Gasteiger partial charge in [0, 0.05) is 6.42 Å². The largest absolute Gasteiger partial charge is 0.362 e. The highest BCUT2D eigenvalue weighted by Crippen LogP contribution is 2.27. The summed E-state index contributed by atoms with van der Waals surface area (Å²) in [6.07, 6.45) is 1.03. The Morgan fingerprint density at radius 3 is 2.70 bits per heavy atom. The molecule has 2 N–H and O–H groups in total. The summed E-state index contributed by atoms with van der Waals surface area (Å²) in [5.41, 5.74) is 1.30. The normalized spacial score (nSPS) is 20.9. The number of halogens is 1. The maximum atomic E-state index is 14.3. The number of nitrogens with one attached hydrogen (secondary N) is 2. The molecule has 0 radical (unpaired) electrons. The van der Waals surface area contributed by atoms with Gasteiger partial charge in [-0.3, -0.25) is 4.79 Å². The van der Waals surface area contributed by atoms with Gasteiger partial charge < -0.3 is 10.6 Å². The van der Waals surface area contributed by atoms with Crippen LogP contribution in [0.15, 0.2) is 30.3 Å². The average molecular weight is 314 g/mol. The van der Waals surface area contributed by atoms with Crippen LogP contribution in [-0.2, 0) is 4.79 Å². The van der Waals surface area contributed by atoms with E-state index in [1.807, 2.05) is 30.3 Å². The number of rotatable bonds is 3. The number of carbonyl (C=O) groups excluding carboxylic acids is 1. The lowest BCUT2D eigenvalue weighted by Crippen LogP contribution is -2.45. The van der Waals surface area contributed by atoms with Crippen molar-refractivity contribution in [1.29, 1.82) is 0 Å². The number of nitrogens with zero attached hydrogens (tertiary/aromatic N) is 2. The number of amides is 1. The average Bonchev–Trinajstić information content (AvgIpc) is 2.54. The molecule has 2 aromatic rings. The van der Waals surface area contributed by atoms with Gasteiger partial charge in [0.1, 0.15) is 5.82 Å². The maximum absolute atomic E-state index is 14.3. The quantitative estimate of drug-likeness (QED) is 0.914. The summed E-state index contributed by atoms with van der Waals surface area (Å²) in [5.74, 6) is 0.270. The van der Waals surface area contributed by atoms with Gasteiger partial charge in [-0.2, -0.15) is 0 Å². The Morgan fingerprint density at radius 1 is 1.22 bits per heavy atom. The zero-order valence-electron chi connectivity index (χ0n) is 13.1. The molecular formula is C17H19FN4O. The number of hydrogen-bond donors (Lipinski definition) is 2. The summed E-state index contributed by atoms with van der Waals surface area (Å²) in [7, 11) is 0. The summed E-state index contributed by atoms with van der Waals surface area (Å²) >= 11 is 0. The first-order valence-corrected chi connectivity index (χ1v) is 7.66. The number of carbonyl (C=O) groups is 1. The monoisotopic (exact) mass is 314 g/mol. The third kappa shape index (κ3) is 3.31. The van der Waals surface area contributed by atoms with E-state index >= 15 is 0 Å². The van der Waals surface area contributed by atoms with Crippen LogP contribution in [0.3, 0.4) is 0 Å². The number of aromatic nitrogens is 2. The molecule has 2 atom stereocenters. The van der Waals surface area contributed by atoms with Crippen molar-refractivity contribution in [1.82, 2.24) is 15.3 Å². The van der Waals surface area contributed by atoms with E-state index in [0.717, 1.165) is 5.56 Å². The summed E-state index contributed by atoms with van der Waals surface area (Å²) in [6, 6.07) is 9.34. The Bertz CT molecular complexity index is 720. The van der Waals surface area contributed by atoms with E-state index in [9.17, 15) is 9.18 Å². The summed E-state index contributed by atoms with van der Waals surface area (Å²) < 4.78 is 14.3. The predicted octanol–water partition coefficient (Wildman–Crippen LogP) is 2.66. The predicted molar refractivity (Wildman–Crippen MR) is 85.4 cm³/mol. The van der Waals surface area contributed by atoms with Crippen molar-refractivity contribution >= 4 is 11.7 Å². The Morgan fingerprint density at radius 2 is 1.96 bits per heavy atom. The molecular weight excluding hydrogens is 295 g/mol. The first kappa shape index (κ1) is 15.4. The van der Waals surface area contributed by atoms with Crippen LogP contribution >= 0.6 is 0 Å². The van der Waals surface area contributed by atoms with E-state index in [4.69, 9.17) is 0 Å².